The van der Waals surface area contributed by atoms with Gasteiger partial charge in [0.1, 0.15) is 6.54 Å². The number of hydrogen-bond acceptors (Lipinski definition) is 2. The molecule has 5 heteroatoms. The van der Waals surface area contributed by atoms with Gasteiger partial charge in [-0.25, -0.2) is 0 Å². The van der Waals surface area contributed by atoms with Gasteiger partial charge < -0.3 is 10.3 Å². The summed E-state index contributed by atoms with van der Waals surface area (Å²) in [5.41, 5.74) is 7.96. The zero-order valence-corrected chi connectivity index (χ0v) is 12.5. The number of hydrogen-bond donors (Lipinski definition) is 1. The largest absolute Gasteiger partial charge is 0.368 e. The van der Waals surface area contributed by atoms with E-state index < -0.39 is 0 Å². The number of aromatic nitrogens is 1. The highest BCUT2D eigenvalue weighted by molar-refractivity contribution is 6.30. The molecule has 0 fully saturated rings. The molecule has 0 aliphatic rings. The molecule has 0 bridgehead atoms. The second-order valence-electron chi connectivity index (χ2n) is 4.93. The van der Waals surface area contributed by atoms with Gasteiger partial charge in [0, 0.05) is 33.9 Å². The summed E-state index contributed by atoms with van der Waals surface area (Å²) in [5, 5.41) is 1.67. The number of halogens is 1. The Morgan fingerprint density at radius 1 is 1.23 bits per heavy atom. The zero-order chi connectivity index (χ0) is 15.5. The number of aliphatic imine (C=N–C) groups is 1. The Labute approximate surface area is 132 Å². The fourth-order valence-corrected chi connectivity index (χ4v) is 2.56. The van der Waals surface area contributed by atoms with Crippen LogP contribution in [0.5, 0.6) is 0 Å². The van der Waals surface area contributed by atoms with E-state index in [0.29, 0.717) is 5.02 Å². The lowest BCUT2D eigenvalue weighted by Gasteiger charge is -2.00. The molecule has 110 valence electrons. The summed E-state index contributed by atoms with van der Waals surface area (Å²) in [5.74, 6) is -0.376. The maximum Gasteiger partial charge on any atom is 0.237 e. The standard InChI is InChI=1S/C17H14ClN3O/c18-13-4-3-5-14(8-13)20-9-12-10-21(11-17(19)22)16-7-2-1-6-15(12)16/h1-10H,11H2,(H2,19,22). The van der Waals surface area contributed by atoms with Gasteiger partial charge in [0.15, 0.2) is 0 Å². The molecule has 22 heavy (non-hydrogen) atoms. The highest BCUT2D eigenvalue weighted by Gasteiger charge is 2.08. The third-order valence-electron chi connectivity index (χ3n) is 3.31. The number of fused-ring (bicyclic) bond motifs is 1. The lowest BCUT2D eigenvalue weighted by Crippen LogP contribution is -2.17. The first kappa shape index (κ1) is 14.4. The molecular formula is C17H14ClN3O. The van der Waals surface area contributed by atoms with Gasteiger partial charge in [0.2, 0.25) is 5.91 Å². The first-order valence-corrected chi connectivity index (χ1v) is 7.17. The van der Waals surface area contributed by atoms with Crippen molar-refractivity contribution in [3.63, 3.8) is 0 Å². The summed E-state index contributed by atoms with van der Waals surface area (Å²) < 4.78 is 1.83. The normalized spacial score (nSPS) is 11.3. The lowest BCUT2D eigenvalue weighted by molar-refractivity contribution is -0.118. The van der Waals surface area contributed by atoms with Crippen LogP contribution in [-0.4, -0.2) is 16.7 Å². The molecule has 0 saturated heterocycles. The first-order valence-electron chi connectivity index (χ1n) is 6.79. The van der Waals surface area contributed by atoms with Gasteiger partial charge in [-0.1, -0.05) is 35.9 Å². The molecule has 3 aromatic rings. The fourth-order valence-electron chi connectivity index (χ4n) is 2.38. The number of carbonyl (C=O) groups excluding carboxylic acids is 1. The Morgan fingerprint density at radius 2 is 2.05 bits per heavy atom. The van der Waals surface area contributed by atoms with Crippen molar-refractivity contribution in [3.8, 4) is 0 Å². The van der Waals surface area contributed by atoms with Crippen LogP contribution in [0.3, 0.4) is 0 Å². The van der Waals surface area contributed by atoms with Crippen molar-refractivity contribution in [2.24, 2.45) is 10.7 Å². The summed E-state index contributed by atoms with van der Waals surface area (Å²) in [6.45, 7) is 0.144. The van der Waals surface area contributed by atoms with E-state index in [9.17, 15) is 4.79 Å². The van der Waals surface area contributed by atoms with E-state index in [-0.39, 0.29) is 12.5 Å². The summed E-state index contributed by atoms with van der Waals surface area (Å²) in [6.07, 6.45) is 3.65. The van der Waals surface area contributed by atoms with Crippen molar-refractivity contribution in [2.45, 2.75) is 6.54 Å². The van der Waals surface area contributed by atoms with Gasteiger partial charge in [0.05, 0.1) is 5.69 Å². The summed E-state index contributed by atoms with van der Waals surface area (Å²) in [4.78, 5) is 15.6. The van der Waals surface area contributed by atoms with E-state index >= 15 is 0 Å². The molecule has 1 amide bonds. The van der Waals surface area contributed by atoms with Crippen LogP contribution in [0.2, 0.25) is 5.02 Å². The third-order valence-corrected chi connectivity index (χ3v) is 3.54. The first-order chi connectivity index (χ1) is 10.6. The predicted molar refractivity (Wildman–Crippen MR) is 89.8 cm³/mol. The SMILES string of the molecule is NC(=O)Cn1cc(C=Nc2cccc(Cl)c2)c2ccccc21. The minimum Gasteiger partial charge on any atom is -0.368 e. The van der Waals surface area contributed by atoms with Crippen molar-refractivity contribution >= 4 is 40.3 Å². The van der Waals surface area contributed by atoms with Crippen LogP contribution >= 0.6 is 11.6 Å². The molecule has 0 spiro atoms. The van der Waals surface area contributed by atoms with Gasteiger partial charge in [0.25, 0.3) is 0 Å². The van der Waals surface area contributed by atoms with Crippen LogP contribution in [-0.2, 0) is 11.3 Å². The average Bonchev–Trinajstić information content (AvgIpc) is 2.83. The fraction of sp³-hybridized carbons (Fsp3) is 0.0588. The van der Waals surface area contributed by atoms with E-state index in [0.717, 1.165) is 22.2 Å². The van der Waals surface area contributed by atoms with Crippen LogP contribution in [0, 0.1) is 0 Å². The van der Waals surface area contributed by atoms with Gasteiger partial charge in [-0.3, -0.25) is 9.79 Å². The molecule has 3 rings (SSSR count). The molecule has 0 unspecified atom stereocenters. The number of nitrogens with zero attached hydrogens (tertiary/aromatic N) is 2. The van der Waals surface area contributed by atoms with Crippen molar-refractivity contribution < 1.29 is 4.79 Å². The number of para-hydroxylation sites is 1. The average molecular weight is 312 g/mol. The number of primary amides is 1. The molecule has 1 aromatic heterocycles. The van der Waals surface area contributed by atoms with Gasteiger partial charge >= 0.3 is 0 Å². The Bertz CT molecular complexity index is 867. The van der Waals surface area contributed by atoms with Gasteiger partial charge in [-0.15, -0.1) is 0 Å². The monoisotopic (exact) mass is 311 g/mol. The maximum absolute atomic E-state index is 11.2. The third kappa shape index (κ3) is 3.02. The van der Waals surface area contributed by atoms with Crippen LogP contribution in [0.15, 0.2) is 59.7 Å². The summed E-state index contributed by atoms with van der Waals surface area (Å²) in [7, 11) is 0. The quantitative estimate of drug-likeness (QED) is 0.736. The highest BCUT2D eigenvalue weighted by atomic mass is 35.5. The Hall–Kier alpha value is -2.59. The minimum atomic E-state index is -0.376. The molecular weight excluding hydrogens is 298 g/mol. The van der Waals surface area contributed by atoms with E-state index in [1.54, 1.807) is 18.3 Å². The number of benzene rings is 2. The van der Waals surface area contributed by atoms with Crippen LogP contribution in [0.25, 0.3) is 10.9 Å². The van der Waals surface area contributed by atoms with Crippen LogP contribution in [0.4, 0.5) is 5.69 Å². The maximum atomic E-state index is 11.2. The summed E-state index contributed by atoms with van der Waals surface area (Å²) in [6, 6.07) is 15.2. The molecule has 1 heterocycles. The number of amides is 1. The smallest absolute Gasteiger partial charge is 0.237 e. The number of rotatable bonds is 4. The van der Waals surface area contributed by atoms with Gasteiger partial charge in [-0.2, -0.15) is 0 Å². The van der Waals surface area contributed by atoms with E-state index in [2.05, 4.69) is 4.99 Å². The Balaban J connectivity index is 2.02. The van der Waals surface area contributed by atoms with Crippen molar-refractivity contribution in [2.75, 3.05) is 0 Å². The molecule has 0 saturated carbocycles. The zero-order valence-electron chi connectivity index (χ0n) is 11.7. The Morgan fingerprint density at radius 3 is 2.82 bits per heavy atom. The van der Waals surface area contributed by atoms with Crippen LogP contribution in [0.1, 0.15) is 5.56 Å². The van der Waals surface area contributed by atoms with E-state index in [1.807, 2.05) is 47.2 Å². The molecule has 0 atom stereocenters. The molecule has 0 aliphatic carbocycles. The predicted octanol–water partition coefficient (Wildman–Crippen LogP) is 3.53. The topological polar surface area (TPSA) is 60.4 Å². The minimum absolute atomic E-state index is 0.144. The molecule has 0 aliphatic heterocycles. The second-order valence-corrected chi connectivity index (χ2v) is 5.37. The number of carbonyl (C=O) groups is 1. The van der Waals surface area contributed by atoms with E-state index in [4.69, 9.17) is 17.3 Å². The highest BCUT2D eigenvalue weighted by Crippen LogP contribution is 2.22. The van der Waals surface area contributed by atoms with Crippen molar-refractivity contribution in [1.29, 1.82) is 0 Å². The summed E-state index contributed by atoms with van der Waals surface area (Å²) >= 11 is 5.95. The molecule has 0 radical (unpaired) electrons. The lowest BCUT2D eigenvalue weighted by atomic mass is 10.2. The van der Waals surface area contributed by atoms with Crippen molar-refractivity contribution in [1.82, 2.24) is 4.57 Å². The van der Waals surface area contributed by atoms with Crippen molar-refractivity contribution in [3.05, 3.63) is 65.3 Å². The Kier molecular flexibility index (Phi) is 3.94. The van der Waals surface area contributed by atoms with E-state index in [1.165, 1.54) is 0 Å². The number of nitrogens with two attached hydrogens (primary N) is 1. The molecule has 2 N–H and O–H groups in total. The second kappa shape index (κ2) is 6.03. The molecule has 4 nitrogen and oxygen atoms in total. The van der Waals surface area contributed by atoms with Crippen LogP contribution < -0.4 is 5.73 Å². The molecule has 2 aromatic carbocycles. The van der Waals surface area contributed by atoms with Gasteiger partial charge in [-0.05, 0) is 24.3 Å².